The first kappa shape index (κ1) is 11.2. The van der Waals surface area contributed by atoms with Crippen LogP contribution in [-0.2, 0) is 9.84 Å². The molecule has 0 saturated carbocycles. The third-order valence-corrected chi connectivity index (χ3v) is 5.04. The second-order valence-electron chi connectivity index (χ2n) is 2.87. The summed E-state index contributed by atoms with van der Waals surface area (Å²) in [6.45, 7) is 0. The Labute approximate surface area is 87.9 Å². The zero-order valence-corrected chi connectivity index (χ0v) is 9.27. The molecule has 14 heavy (non-hydrogen) atoms. The summed E-state index contributed by atoms with van der Waals surface area (Å²) in [4.78, 5) is 0. The highest BCUT2D eigenvalue weighted by Crippen LogP contribution is 2.18. The highest BCUT2D eigenvalue weighted by molar-refractivity contribution is 7.93. The van der Waals surface area contributed by atoms with Gasteiger partial charge in [0.25, 0.3) is 0 Å². The van der Waals surface area contributed by atoms with Crippen LogP contribution in [0.4, 0.5) is 0 Å². The molecule has 0 amide bonds. The molecule has 0 saturated heterocycles. The van der Waals surface area contributed by atoms with Crippen LogP contribution in [0.15, 0.2) is 21.7 Å². The Balaban J connectivity index is 2.49. The van der Waals surface area contributed by atoms with E-state index in [2.05, 4.69) is 0 Å². The number of nitrogens with zero attached hydrogens (tertiary/aromatic N) is 1. The van der Waals surface area contributed by atoms with Gasteiger partial charge in [0.1, 0.15) is 4.21 Å². The van der Waals surface area contributed by atoms with Gasteiger partial charge in [0.05, 0.1) is 11.8 Å². The summed E-state index contributed by atoms with van der Waals surface area (Å²) in [6.07, 6.45) is 1.65. The van der Waals surface area contributed by atoms with E-state index < -0.39 is 9.84 Å². The van der Waals surface area contributed by atoms with Crippen molar-refractivity contribution in [1.82, 2.24) is 0 Å². The maximum atomic E-state index is 11.6. The van der Waals surface area contributed by atoms with Gasteiger partial charge in [-0.05, 0) is 24.3 Å². The third kappa shape index (κ3) is 3.13. The molecule has 0 radical (unpaired) electrons. The van der Waals surface area contributed by atoms with Gasteiger partial charge in [-0.25, -0.2) is 8.42 Å². The van der Waals surface area contributed by atoms with E-state index in [0.717, 1.165) is 0 Å². The molecule has 0 aromatic carbocycles. The molecule has 0 aliphatic heterocycles. The summed E-state index contributed by atoms with van der Waals surface area (Å²) in [5.41, 5.74) is 0. The SMILES string of the molecule is N#CCCCCS(=O)(=O)c1cccs1. The first-order valence-electron chi connectivity index (χ1n) is 4.30. The maximum Gasteiger partial charge on any atom is 0.187 e. The van der Waals surface area contributed by atoms with Gasteiger partial charge < -0.3 is 0 Å². The molecule has 76 valence electrons. The van der Waals surface area contributed by atoms with Crippen molar-refractivity contribution in [3.8, 4) is 6.07 Å². The number of nitriles is 1. The summed E-state index contributed by atoms with van der Waals surface area (Å²) in [5, 5.41) is 10.0. The van der Waals surface area contributed by atoms with Gasteiger partial charge >= 0.3 is 0 Å². The van der Waals surface area contributed by atoms with Crippen molar-refractivity contribution >= 4 is 21.2 Å². The van der Waals surface area contributed by atoms with Gasteiger partial charge in [-0.1, -0.05) is 6.07 Å². The second-order valence-corrected chi connectivity index (χ2v) is 6.15. The van der Waals surface area contributed by atoms with Crippen LogP contribution in [0, 0.1) is 11.3 Å². The molecule has 0 bridgehead atoms. The van der Waals surface area contributed by atoms with E-state index >= 15 is 0 Å². The Kier molecular flexibility index (Phi) is 4.11. The summed E-state index contributed by atoms with van der Waals surface area (Å²) in [6, 6.07) is 5.34. The fourth-order valence-corrected chi connectivity index (χ4v) is 3.56. The van der Waals surface area contributed by atoms with Crippen molar-refractivity contribution in [1.29, 1.82) is 5.26 Å². The summed E-state index contributed by atoms with van der Waals surface area (Å²) in [5.74, 6) is 0.148. The fraction of sp³-hybridized carbons (Fsp3) is 0.444. The number of unbranched alkanes of at least 4 members (excludes halogenated alkanes) is 2. The van der Waals surface area contributed by atoms with Crippen molar-refractivity contribution in [3.05, 3.63) is 17.5 Å². The van der Waals surface area contributed by atoms with Crippen LogP contribution in [0.25, 0.3) is 0 Å². The molecule has 1 aromatic heterocycles. The second kappa shape index (κ2) is 5.13. The van der Waals surface area contributed by atoms with Crippen LogP contribution < -0.4 is 0 Å². The first-order chi connectivity index (χ1) is 6.67. The van der Waals surface area contributed by atoms with Crippen molar-refractivity contribution in [2.75, 3.05) is 5.75 Å². The molecule has 1 rings (SSSR count). The number of hydrogen-bond acceptors (Lipinski definition) is 4. The van der Waals surface area contributed by atoms with Crippen LogP contribution in [0.2, 0.25) is 0 Å². The third-order valence-electron chi connectivity index (χ3n) is 1.75. The van der Waals surface area contributed by atoms with Crippen molar-refractivity contribution < 1.29 is 8.42 Å². The predicted octanol–water partition coefficient (Wildman–Crippen LogP) is 2.22. The lowest BCUT2D eigenvalue weighted by molar-refractivity contribution is 0.594. The number of thiophene rings is 1. The van der Waals surface area contributed by atoms with Gasteiger partial charge in [0, 0.05) is 6.42 Å². The monoisotopic (exact) mass is 229 g/mol. The van der Waals surface area contributed by atoms with E-state index in [0.29, 0.717) is 23.5 Å². The van der Waals surface area contributed by atoms with Crippen molar-refractivity contribution in [2.24, 2.45) is 0 Å². The van der Waals surface area contributed by atoms with E-state index in [1.165, 1.54) is 11.3 Å². The lowest BCUT2D eigenvalue weighted by Gasteiger charge is -1.99. The molecule has 0 unspecified atom stereocenters. The number of hydrogen-bond donors (Lipinski definition) is 0. The minimum absolute atomic E-state index is 0.148. The van der Waals surface area contributed by atoms with Crippen LogP contribution in [0.5, 0.6) is 0 Å². The lowest BCUT2D eigenvalue weighted by atomic mass is 10.3. The molecule has 3 nitrogen and oxygen atoms in total. The smallest absolute Gasteiger partial charge is 0.187 e. The predicted molar refractivity (Wildman–Crippen MR) is 55.8 cm³/mol. The summed E-state index contributed by atoms with van der Waals surface area (Å²) >= 11 is 1.24. The molecule has 0 spiro atoms. The van der Waals surface area contributed by atoms with E-state index in [4.69, 9.17) is 5.26 Å². The van der Waals surface area contributed by atoms with E-state index in [9.17, 15) is 8.42 Å². The summed E-state index contributed by atoms with van der Waals surface area (Å²) < 4.78 is 23.6. The summed E-state index contributed by atoms with van der Waals surface area (Å²) in [7, 11) is -3.09. The molecular formula is C9H11NO2S2. The Morgan fingerprint density at radius 2 is 2.21 bits per heavy atom. The molecule has 0 N–H and O–H groups in total. The normalized spacial score (nSPS) is 11.1. The highest BCUT2D eigenvalue weighted by Gasteiger charge is 2.14. The van der Waals surface area contributed by atoms with E-state index in [-0.39, 0.29) is 5.75 Å². The maximum absolute atomic E-state index is 11.6. The molecular weight excluding hydrogens is 218 g/mol. The minimum Gasteiger partial charge on any atom is -0.223 e. The molecule has 5 heteroatoms. The molecule has 0 aliphatic carbocycles. The number of rotatable bonds is 5. The average molecular weight is 229 g/mol. The first-order valence-corrected chi connectivity index (χ1v) is 6.83. The molecule has 1 heterocycles. The van der Waals surface area contributed by atoms with Crippen molar-refractivity contribution in [2.45, 2.75) is 23.5 Å². The highest BCUT2D eigenvalue weighted by atomic mass is 32.2. The van der Waals surface area contributed by atoms with E-state index in [1.807, 2.05) is 6.07 Å². The quantitative estimate of drug-likeness (QED) is 0.727. The fourth-order valence-electron chi connectivity index (χ4n) is 1.04. The topological polar surface area (TPSA) is 57.9 Å². The van der Waals surface area contributed by atoms with Gasteiger partial charge in [0.2, 0.25) is 0 Å². The standard InChI is InChI=1S/C9H11NO2S2/c10-6-2-1-3-8-14(11,12)9-5-4-7-13-9/h4-5,7H,1-3,8H2. The van der Waals surface area contributed by atoms with Gasteiger partial charge in [-0.3, -0.25) is 0 Å². The Morgan fingerprint density at radius 3 is 2.79 bits per heavy atom. The minimum atomic E-state index is -3.09. The van der Waals surface area contributed by atoms with Crippen LogP contribution in [0.3, 0.4) is 0 Å². The molecule has 0 atom stereocenters. The Morgan fingerprint density at radius 1 is 1.43 bits per heavy atom. The zero-order valence-electron chi connectivity index (χ0n) is 7.64. The molecule has 1 aromatic rings. The van der Waals surface area contributed by atoms with E-state index in [1.54, 1.807) is 17.5 Å². The van der Waals surface area contributed by atoms with Gasteiger partial charge in [-0.15, -0.1) is 11.3 Å². The van der Waals surface area contributed by atoms with Gasteiger partial charge in [-0.2, -0.15) is 5.26 Å². The average Bonchev–Trinajstić information content (AvgIpc) is 2.65. The van der Waals surface area contributed by atoms with Crippen LogP contribution in [-0.4, -0.2) is 14.2 Å². The van der Waals surface area contributed by atoms with Crippen LogP contribution >= 0.6 is 11.3 Å². The molecule has 0 fully saturated rings. The largest absolute Gasteiger partial charge is 0.223 e. The van der Waals surface area contributed by atoms with Crippen molar-refractivity contribution in [3.63, 3.8) is 0 Å². The lowest BCUT2D eigenvalue weighted by Crippen LogP contribution is -2.04. The zero-order chi connectivity index (χ0) is 10.4. The molecule has 0 aliphatic rings. The Hall–Kier alpha value is -0.860. The Bertz CT molecular complexity index is 401. The van der Waals surface area contributed by atoms with Gasteiger partial charge in [0.15, 0.2) is 9.84 Å². The van der Waals surface area contributed by atoms with Crippen LogP contribution in [0.1, 0.15) is 19.3 Å². The number of sulfone groups is 1.